The lowest BCUT2D eigenvalue weighted by Gasteiger charge is -2.32. The van der Waals surface area contributed by atoms with Gasteiger partial charge in [0.05, 0.1) is 16.6 Å². The van der Waals surface area contributed by atoms with Crippen molar-refractivity contribution in [3.8, 4) is 0 Å². The minimum absolute atomic E-state index is 0.372. The number of thiol groups is 1. The molecule has 122 valence electrons. The van der Waals surface area contributed by atoms with E-state index in [0.717, 1.165) is 16.4 Å². The Kier molecular flexibility index (Phi) is 3.98. The lowest BCUT2D eigenvalue weighted by atomic mass is 9.78. The summed E-state index contributed by atoms with van der Waals surface area (Å²) < 4.78 is 17.3. The van der Waals surface area contributed by atoms with Crippen LogP contribution < -0.4 is 5.73 Å². The van der Waals surface area contributed by atoms with E-state index in [0.29, 0.717) is 17.2 Å². The fourth-order valence-electron chi connectivity index (χ4n) is 2.46. The molecule has 0 saturated carbocycles. The van der Waals surface area contributed by atoms with Crippen LogP contribution >= 0.6 is 12.6 Å². The van der Waals surface area contributed by atoms with E-state index in [2.05, 4.69) is 17.8 Å². The van der Waals surface area contributed by atoms with Crippen molar-refractivity contribution in [3.63, 3.8) is 0 Å². The normalized spacial score (nSPS) is 20.4. The number of nitrogen functional groups attached to an aromatic ring is 1. The van der Waals surface area contributed by atoms with Crippen molar-refractivity contribution < 1.29 is 13.8 Å². The highest BCUT2D eigenvalue weighted by Gasteiger charge is 2.52. The van der Waals surface area contributed by atoms with Crippen LogP contribution in [0, 0.1) is 0 Å². The average Bonchev–Trinajstić information content (AvgIpc) is 2.94. The maximum atomic E-state index is 6.09. The van der Waals surface area contributed by atoms with E-state index in [1.807, 2.05) is 52.0 Å². The molecule has 1 aliphatic heterocycles. The van der Waals surface area contributed by atoms with Crippen molar-refractivity contribution in [1.29, 1.82) is 0 Å². The molecule has 0 radical (unpaired) electrons. The van der Waals surface area contributed by atoms with Gasteiger partial charge < -0.3 is 19.6 Å². The molecule has 1 aromatic heterocycles. The van der Waals surface area contributed by atoms with Gasteiger partial charge in [0.25, 0.3) is 0 Å². The van der Waals surface area contributed by atoms with E-state index < -0.39 is 7.12 Å². The molecule has 0 bridgehead atoms. The van der Waals surface area contributed by atoms with Gasteiger partial charge in [0, 0.05) is 5.75 Å². The number of hydrogen-bond donors (Lipinski definition) is 2. The van der Waals surface area contributed by atoms with Gasteiger partial charge in [-0.2, -0.15) is 12.6 Å². The zero-order valence-electron chi connectivity index (χ0n) is 13.8. The van der Waals surface area contributed by atoms with E-state index in [9.17, 15) is 0 Å². The molecule has 0 spiro atoms. The standard InChI is InChI=1S/C16H21BN2O3S/c1-15(2)16(3,4)22-17(21-15)11(9-23)7-10-5-6-13-12(8-10)14(18)19-20-13/h5-8,23H,9H2,1-4H3,(H2,18,19). The van der Waals surface area contributed by atoms with Crippen LogP contribution in [0.25, 0.3) is 17.0 Å². The molecule has 2 heterocycles. The summed E-state index contributed by atoms with van der Waals surface area (Å²) in [6.07, 6.45) is 2.01. The first kappa shape index (κ1) is 16.4. The maximum absolute atomic E-state index is 6.09. The lowest BCUT2D eigenvalue weighted by Crippen LogP contribution is -2.41. The zero-order chi connectivity index (χ0) is 16.8. The topological polar surface area (TPSA) is 70.5 Å². The molecular formula is C16H21BN2O3S. The fraction of sp³-hybridized carbons (Fsp3) is 0.438. The maximum Gasteiger partial charge on any atom is 0.491 e. The molecule has 3 rings (SSSR count). The second kappa shape index (κ2) is 5.58. The average molecular weight is 332 g/mol. The van der Waals surface area contributed by atoms with E-state index in [1.165, 1.54) is 0 Å². The van der Waals surface area contributed by atoms with Gasteiger partial charge in [-0.25, -0.2) is 0 Å². The van der Waals surface area contributed by atoms with Gasteiger partial charge in [0.1, 0.15) is 0 Å². The number of aromatic nitrogens is 1. The van der Waals surface area contributed by atoms with Gasteiger partial charge in [-0.3, -0.25) is 0 Å². The molecule has 23 heavy (non-hydrogen) atoms. The third kappa shape index (κ3) is 2.89. The van der Waals surface area contributed by atoms with Crippen molar-refractivity contribution in [3.05, 3.63) is 29.2 Å². The number of nitrogens with two attached hydrogens (primary N) is 1. The molecule has 2 N–H and O–H groups in total. The number of hydrogen-bond acceptors (Lipinski definition) is 6. The molecule has 2 aromatic rings. The first-order valence-electron chi connectivity index (χ1n) is 7.55. The van der Waals surface area contributed by atoms with Crippen LogP contribution in [0.2, 0.25) is 0 Å². The molecule has 1 aromatic carbocycles. The van der Waals surface area contributed by atoms with Crippen LogP contribution in [-0.4, -0.2) is 29.2 Å². The quantitative estimate of drug-likeness (QED) is 0.666. The van der Waals surface area contributed by atoms with Gasteiger partial charge in [-0.05, 0) is 50.9 Å². The van der Waals surface area contributed by atoms with E-state index >= 15 is 0 Å². The summed E-state index contributed by atoms with van der Waals surface area (Å²) in [5.74, 6) is 0.923. The van der Waals surface area contributed by atoms with Crippen molar-refractivity contribution in [2.75, 3.05) is 11.5 Å². The fourth-order valence-corrected chi connectivity index (χ4v) is 2.70. The second-order valence-corrected chi connectivity index (χ2v) is 7.11. The molecule has 1 fully saturated rings. The second-order valence-electron chi connectivity index (χ2n) is 6.79. The van der Waals surface area contributed by atoms with Gasteiger partial charge in [-0.15, -0.1) is 0 Å². The van der Waals surface area contributed by atoms with Crippen molar-refractivity contribution >= 4 is 42.6 Å². The van der Waals surface area contributed by atoms with Crippen molar-refractivity contribution in [1.82, 2.24) is 5.16 Å². The first-order chi connectivity index (χ1) is 10.7. The molecule has 0 amide bonds. The SMILES string of the molecule is CC1(C)OB(C(=Cc2ccc3onc(N)c3c2)CS)OC1(C)C. The van der Waals surface area contributed by atoms with E-state index in [-0.39, 0.29) is 11.2 Å². The van der Waals surface area contributed by atoms with E-state index in [1.54, 1.807) is 0 Å². The van der Waals surface area contributed by atoms with Gasteiger partial charge in [-0.1, -0.05) is 17.3 Å². The molecular weight excluding hydrogens is 311 g/mol. The van der Waals surface area contributed by atoms with Crippen LogP contribution in [0.5, 0.6) is 0 Å². The summed E-state index contributed by atoms with van der Waals surface area (Å²) in [5.41, 5.74) is 7.67. The monoisotopic (exact) mass is 332 g/mol. The van der Waals surface area contributed by atoms with Gasteiger partial charge in [0.15, 0.2) is 11.4 Å². The van der Waals surface area contributed by atoms with Crippen LogP contribution in [-0.2, 0) is 9.31 Å². The van der Waals surface area contributed by atoms with Crippen molar-refractivity contribution in [2.24, 2.45) is 0 Å². The minimum Gasteiger partial charge on any atom is -0.400 e. The third-order valence-corrected chi connectivity index (χ3v) is 4.98. The minimum atomic E-state index is -0.409. The summed E-state index contributed by atoms with van der Waals surface area (Å²) in [7, 11) is -0.409. The Hall–Kier alpha value is -1.44. The molecule has 1 aliphatic rings. The summed E-state index contributed by atoms with van der Waals surface area (Å²) in [6, 6.07) is 5.74. The predicted molar refractivity (Wildman–Crippen MR) is 96.3 cm³/mol. The smallest absolute Gasteiger partial charge is 0.400 e. The highest BCUT2D eigenvalue weighted by molar-refractivity contribution is 7.80. The number of nitrogens with zero attached hydrogens (tertiary/aromatic N) is 1. The Bertz CT molecular complexity index is 754. The van der Waals surface area contributed by atoms with Crippen LogP contribution in [0.15, 0.2) is 28.2 Å². The summed E-state index contributed by atoms with van der Waals surface area (Å²) in [5, 5.41) is 4.57. The summed E-state index contributed by atoms with van der Waals surface area (Å²) in [4.78, 5) is 0. The Balaban J connectivity index is 1.93. The molecule has 1 saturated heterocycles. The largest absolute Gasteiger partial charge is 0.491 e. The molecule has 0 atom stereocenters. The zero-order valence-corrected chi connectivity index (χ0v) is 14.7. The van der Waals surface area contributed by atoms with Gasteiger partial charge in [0.2, 0.25) is 0 Å². The predicted octanol–water partition coefficient (Wildman–Crippen LogP) is 3.35. The van der Waals surface area contributed by atoms with Crippen LogP contribution in [0.1, 0.15) is 33.3 Å². The van der Waals surface area contributed by atoms with E-state index in [4.69, 9.17) is 19.6 Å². The number of anilines is 1. The number of rotatable bonds is 3. The van der Waals surface area contributed by atoms with Gasteiger partial charge >= 0.3 is 7.12 Å². The Morgan fingerprint density at radius 3 is 2.52 bits per heavy atom. The molecule has 0 aliphatic carbocycles. The third-order valence-electron chi connectivity index (χ3n) is 4.61. The summed E-state index contributed by atoms with van der Waals surface area (Å²) >= 11 is 4.43. The van der Waals surface area contributed by atoms with Crippen LogP contribution in [0.4, 0.5) is 5.82 Å². The highest BCUT2D eigenvalue weighted by Crippen LogP contribution is 2.39. The first-order valence-corrected chi connectivity index (χ1v) is 8.18. The highest BCUT2D eigenvalue weighted by atomic mass is 32.1. The Morgan fingerprint density at radius 2 is 1.91 bits per heavy atom. The van der Waals surface area contributed by atoms with Crippen molar-refractivity contribution in [2.45, 2.75) is 38.9 Å². The number of fused-ring (bicyclic) bond motifs is 1. The Morgan fingerprint density at radius 1 is 1.26 bits per heavy atom. The molecule has 5 nitrogen and oxygen atoms in total. The number of benzene rings is 1. The lowest BCUT2D eigenvalue weighted by molar-refractivity contribution is 0.00578. The summed E-state index contributed by atoms with van der Waals surface area (Å²) in [6.45, 7) is 8.14. The van der Waals surface area contributed by atoms with Crippen LogP contribution in [0.3, 0.4) is 0 Å². The molecule has 7 heteroatoms. The molecule has 0 unspecified atom stereocenters. The Labute approximate surface area is 141 Å².